The topological polar surface area (TPSA) is 130 Å². The molecule has 4 aliphatic carbocycles. The first-order valence-corrected chi connectivity index (χ1v) is 11.4. The number of nitrogens with two attached hydrogens (primary N) is 1. The van der Waals surface area contributed by atoms with E-state index >= 15 is 0 Å². The summed E-state index contributed by atoms with van der Waals surface area (Å²) >= 11 is 0. The van der Waals surface area contributed by atoms with Crippen molar-refractivity contribution in [2.75, 3.05) is 5.32 Å². The number of hydrogen-bond donors (Lipinski definition) is 4. The summed E-state index contributed by atoms with van der Waals surface area (Å²) in [7, 11) is 0. The van der Waals surface area contributed by atoms with Crippen molar-refractivity contribution in [2.45, 2.75) is 43.7 Å². The molecule has 8 heteroatoms. The Kier molecular flexibility index (Phi) is 4.32. The molecule has 0 spiro atoms. The van der Waals surface area contributed by atoms with Gasteiger partial charge < -0.3 is 21.3 Å². The summed E-state index contributed by atoms with van der Waals surface area (Å²) in [5.74, 6) is -0.180. The number of carboxylic acid groups (broad SMARTS) is 1. The molecule has 2 aromatic heterocycles. The number of carbonyl (C=O) groups excluding carboxylic acids is 1. The van der Waals surface area contributed by atoms with E-state index in [-0.39, 0.29) is 11.6 Å². The number of benzene rings is 1. The van der Waals surface area contributed by atoms with Crippen molar-refractivity contribution in [3.05, 3.63) is 53.9 Å². The zero-order valence-corrected chi connectivity index (χ0v) is 18.1. The van der Waals surface area contributed by atoms with Crippen LogP contribution in [-0.2, 0) is 0 Å². The van der Waals surface area contributed by atoms with E-state index in [9.17, 15) is 14.7 Å². The number of carbonyl (C=O) groups is 2. The maximum absolute atomic E-state index is 12.3. The minimum absolute atomic E-state index is 0.180. The van der Waals surface area contributed by atoms with Crippen molar-refractivity contribution in [2.24, 2.45) is 23.5 Å². The Bertz CT molecular complexity index is 1270. The molecule has 5 N–H and O–H groups in total. The van der Waals surface area contributed by atoms with Crippen molar-refractivity contribution < 1.29 is 19.8 Å². The lowest BCUT2D eigenvalue weighted by Crippen LogP contribution is -2.59. The molecule has 0 saturated heterocycles. The molecule has 1 amide bonds. The Hall–Kier alpha value is -3.39. The molecule has 2 atom stereocenters. The lowest BCUT2D eigenvalue weighted by molar-refractivity contribution is -0.129. The van der Waals surface area contributed by atoms with Crippen molar-refractivity contribution in [3.8, 4) is 11.1 Å². The zero-order valence-electron chi connectivity index (χ0n) is 18.1. The van der Waals surface area contributed by atoms with E-state index in [0.29, 0.717) is 29.0 Å². The molecular formula is C25H26N4O4. The van der Waals surface area contributed by atoms with Gasteiger partial charge in [0, 0.05) is 17.8 Å². The van der Waals surface area contributed by atoms with Crippen molar-refractivity contribution in [3.63, 3.8) is 0 Å². The van der Waals surface area contributed by atoms with Gasteiger partial charge in [-0.2, -0.15) is 5.10 Å². The number of nitrogens with zero attached hydrogens (tertiary/aromatic N) is 2. The Labute approximate surface area is 190 Å². The van der Waals surface area contributed by atoms with Gasteiger partial charge in [0.25, 0.3) is 5.91 Å². The molecule has 1 aromatic carbocycles. The molecule has 4 fully saturated rings. The number of nitrogens with one attached hydrogen (secondary N) is 1. The number of rotatable bonds is 5. The van der Waals surface area contributed by atoms with Gasteiger partial charge in [-0.3, -0.25) is 4.79 Å². The molecule has 170 valence electrons. The van der Waals surface area contributed by atoms with Crippen LogP contribution in [-0.4, -0.2) is 43.3 Å². The van der Waals surface area contributed by atoms with Gasteiger partial charge in [0.1, 0.15) is 0 Å². The Balaban J connectivity index is 1.39. The average Bonchev–Trinajstić information content (AvgIpc) is 3.19. The van der Waals surface area contributed by atoms with Crippen LogP contribution in [0.25, 0.3) is 16.6 Å². The summed E-state index contributed by atoms with van der Waals surface area (Å²) in [4.78, 5) is 23.4. The predicted octanol–water partition coefficient (Wildman–Crippen LogP) is 3.15. The Morgan fingerprint density at radius 3 is 2.39 bits per heavy atom. The molecule has 2 heterocycles. The van der Waals surface area contributed by atoms with Crippen LogP contribution in [0.1, 0.15) is 52.8 Å². The number of hydrogen-bond acceptors (Lipinski definition) is 5. The molecular weight excluding hydrogens is 420 g/mol. The van der Waals surface area contributed by atoms with Crippen LogP contribution >= 0.6 is 0 Å². The third kappa shape index (κ3) is 3.28. The molecule has 4 aliphatic rings. The minimum Gasteiger partial charge on any atom is -0.478 e. The van der Waals surface area contributed by atoms with Gasteiger partial charge in [0.15, 0.2) is 0 Å². The number of aromatic nitrogens is 2. The number of amides is 1. The highest BCUT2D eigenvalue weighted by atomic mass is 16.4. The second-order valence-electron chi connectivity index (χ2n) is 10.1. The second kappa shape index (κ2) is 7.05. The molecule has 4 saturated carbocycles. The maximum atomic E-state index is 12.3. The number of anilines is 1. The van der Waals surface area contributed by atoms with Crippen LogP contribution in [0.15, 0.2) is 42.7 Å². The van der Waals surface area contributed by atoms with E-state index in [1.54, 1.807) is 28.8 Å². The van der Waals surface area contributed by atoms with E-state index in [1.807, 2.05) is 12.3 Å². The van der Waals surface area contributed by atoms with E-state index in [0.717, 1.165) is 48.7 Å². The van der Waals surface area contributed by atoms with Crippen molar-refractivity contribution in [1.82, 2.24) is 9.61 Å². The first-order chi connectivity index (χ1) is 15.8. The highest BCUT2D eigenvalue weighted by Crippen LogP contribution is 2.56. The fourth-order valence-electron chi connectivity index (χ4n) is 6.74. The highest BCUT2D eigenvalue weighted by Gasteiger charge is 2.54. The van der Waals surface area contributed by atoms with Crippen LogP contribution in [0, 0.1) is 17.8 Å². The Morgan fingerprint density at radius 1 is 1.09 bits per heavy atom. The van der Waals surface area contributed by atoms with Gasteiger partial charge >= 0.3 is 5.97 Å². The number of aliphatic hydroxyl groups is 1. The van der Waals surface area contributed by atoms with Crippen LogP contribution in [0.5, 0.6) is 0 Å². The van der Waals surface area contributed by atoms with Gasteiger partial charge in [-0.1, -0.05) is 12.1 Å². The number of carboxylic acids is 1. The van der Waals surface area contributed by atoms with Crippen LogP contribution in [0.2, 0.25) is 0 Å². The summed E-state index contributed by atoms with van der Waals surface area (Å²) in [5, 5.41) is 28.2. The van der Waals surface area contributed by atoms with E-state index in [1.165, 1.54) is 6.20 Å². The lowest BCUT2D eigenvalue weighted by Gasteiger charge is -2.58. The van der Waals surface area contributed by atoms with Crippen LogP contribution in [0.4, 0.5) is 5.69 Å². The largest absolute Gasteiger partial charge is 0.478 e. The van der Waals surface area contributed by atoms with Crippen LogP contribution < -0.4 is 11.1 Å². The number of fused-ring (bicyclic) bond motifs is 1. The van der Waals surface area contributed by atoms with Crippen molar-refractivity contribution >= 4 is 23.1 Å². The molecule has 4 bridgehead atoms. The molecule has 2 unspecified atom stereocenters. The summed E-state index contributed by atoms with van der Waals surface area (Å²) in [6, 6.07) is 8.79. The zero-order chi connectivity index (χ0) is 22.9. The lowest BCUT2D eigenvalue weighted by atomic mass is 9.52. The number of aromatic carboxylic acids is 1. The molecule has 3 aromatic rings. The number of primary amides is 1. The minimum atomic E-state index is -0.969. The second-order valence-corrected chi connectivity index (χ2v) is 10.1. The molecule has 0 radical (unpaired) electrons. The summed E-state index contributed by atoms with van der Waals surface area (Å²) in [5.41, 5.74) is 8.90. The monoisotopic (exact) mass is 446 g/mol. The van der Waals surface area contributed by atoms with E-state index < -0.39 is 17.5 Å². The fourth-order valence-corrected chi connectivity index (χ4v) is 6.74. The van der Waals surface area contributed by atoms with Gasteiger partial charge in [0.2, 0.25) is 0 Å². The van der Waals surface area contributed by atoms with Gasteiger partial charge in [-0.05, 0) is 73.6 Å². The van der Waals surface area contributed by atoms with E-state index in [2.05, 4.69) is 10.4 Å². The highest BCUT2D eigenvalue weighted by molar-refractivity contribution is 6.02. The third-order valence-corrected chi connectivity index (χ3v) is 7.92. The summed E-state index contributed by atoms with van der Waals surface area (Å²) in [6.45, 7) is 0. The predicted molar refractivity (Wildman–Crippen MR) is 122 cm³/mol. The first-order valence-electron chi connectivity index (χ1n) is 11.4. The van der Waals surface area contributed by atoms with Gasteiger partial charge in [-0.15, -0.1) is 0 Å². The first kappa shape index (κ1) is 20.2. The quantitative estimate of drug-likeness (QED) is 0.476. The van der Waals surface area contributed by atoms with Gasteiger partial charge in [0.05, 0.1) is 34.1 Å². The van der Waals surface area contributed by atoms with E-state index in [4.69, 9.17) is 10.8 Å². The standard InChI is InChI=1S/C25H26N4O4/c26-23(30)19-11-27-29-12-18(14-1-3-15(4-2-14)24(31)32)7-20(29)22(19)28-21-16-5-13-6-17(21)10-25(33,8-13)9-16/h1-4,7,11-13,16-17,21,28,33H,5-6,8-10H2,(H2,26,30)(H,31,32). The fraction of sp³-hybridized carbons (Fsp3) is 0.400. The smallest absolute Gasteiger partial charge is 0.335 e. The SMILES string of the molecule is NC(=O)c1cnn2cc(-c3ccc(C(=O)O)cc3)cc2c1NC1C2CC3CC1CC(O)(C3)C2. The molecule has 33 heavy (non-hydrogen) atoms. The van der Waals surface area contributed by atoms with Crippen molar-refractivity contribution in [1.29, 1.82) is 0 Å². The summed E-state index contributed by atoms with van der Waals surface area (Å²) < 4.78 is 1.72. The van der Waals surface area contributed by atoms with Gasteiger partial charge in [-0.25, -0.2) is 9.31 Å². The molecule has 0 aliphatic heterocycles. The molecule has 7 rings (SSSR count). The third-order valence-electron chi connectivity index (χ3n) is 7.92. The average molecular weight is 447 g/mol. The summed E-state index contributed by atoms with van der Waals surface area (Å²) in [6.07, 6.45) is 8.08. The normalized spacial score (nSPS) is 30.0. The Morgan fingerprint density at radius 2 is 1.79 bits per heavy atom. The maximum Gasteiger partial charge on any atom is 0.335 e. The molecule has 8 nitrogen and oxygen atoms in total. The van der Waals surface area contributed by atoms with Crippen LogP contribution in [0.3, 0.4) is 0 Å².